The Hall–Kier alpha value is -8.65. The van der Waals surface area contributed by atoms with E-state index >= 15 is 0 Å². The smallest absolute Gasteiger partial charge is 0.407 e. The van der Waals surface area contributed by atoms with Gasteiger partial charge in [-0.15, -0.1) is 5.10 Å². The van der Waals surface area contributed by atoms with Crippen LogP contribution in [0.2, 0.25) is 0 Å². The molecule has 2 heterocycles. The van der Waals surface area contributed by atoms with Gasteiger partial charge in [0.2, 0.25) is 0 Å². The molecule has 0 radical (unpaired) electrons. The Morgan fingerprint density at radius 1 is 0.373 bits per heavy atom. The first kappa shape index (κ1) is 105. The Morgan fingerprint density at radius 2 is 0.610 bits per heavy atom. The van der Waals surface area contributed by atoms with Crippen molar-refractivity contribution in [2.75, 3.05) is 179 Å². The maximum atomic E-state index is 14.7. The van der Waals surface area contributed by atoms with E-state index in [1.165, 1.54) is 20.8 Å². The third kappa shape index (κ3) is 46.6. The minimum Gasteiger partial charge on any atom is -0.464 e. The first-order chi connectivity index (χ1) is 55.0. The van der Waals surface area contributed by atoms with Crippen LogP contribution in [0.25, 0.3) is 0 Å². The van der Waals surface area contributed by atoms with Crippen molar-refractivity contribution >= 4 is 66.7 Å². The molecule has 5 atom stereocenters. The summed E-state index contributed by atoms with van der Waals surface area (Å²) < 4.78 is 67.0. The topological polar surface area (TPSA) is 519 Å². The fourth-order valence-corrected chi connectivity index (χ4v) is 10.6. The molecule has 118 heavy (non-hydrogen) atoms. The second-order valence-corrected chi connectivity index (χ2v) is 34.1. The molecule has 0 bridgehead atoms. The maximum absolute atomic E-state index is 14.7. The highest BCUT2D eigenvalue weighted by atomic mass is 16.6. The molecule has 42 nitrogen and oxygen atoms in total. The van der Waals surface area contributed by atoms with E-state index in [0.29, 0.717) is 130 Å². The molecular formula is C76H139N15O27. The van der Waals surface area contributed by atoms with Gasteiger partial charge in [-0.05, 0) is 236 Å². The van der Waals surface area contributed by atoms with Gasteiger partial charge in [0.05, 0.1) is 12.8 Å². The lowest BCUT2D eigenvalue weighted by molar-refractivity contribution is -0.265. The van der Waals surface area contributed by atoms with Crippen molar-refractivity contribution in [1.29, 1.82) is 0 Å². The van der Waals surface area contributed by atoms with Gasteiger partial charge in [-0.1, -0.05) is 5.21 Å². The summed E-state index contributed by atoms with van der Waals surface area (Å²) in [6.07, 6.45) is -7.37. The van der Waals surface area contributed by atoms with Crippen molar-refractivity contribution in [2.24, 2.45) is 16.2 Å². The summed E-state index contributed by atoms with van der Waals surface area (Å²) >= 11 is 0. The molecule has 1 aromatic heterocycles. The molecule has 1 saturated heterocycles. The lowest BCUT2D eigenvalue weighted by Gasteiger charge is -2.39. The molecule has 0 aromatic carbocycles. The number of rotatable bonds is 51. The zero-order valence-corrected chi connectivity index (χ0v) is 72.9. The number of carbonyl (C=O) groups is 11. The van der Waals surface area contributed by atoms with Gasteiger partial charge in [0, 0.05) is 52.4 Å². The molecule has 42 heteroatoms. The summed E-state index contributed by atoms with van der Waals surface area (Å²) in [6, 6.07) is -1.48. The molecule has 0 aliphatic carbocycles. The van der Waals surface area contributed by atoms with Gasteiger partial charge in [0.1, 0.15) is 115 Å². The van der Waals surface area contributed by atoms with E-state index in [2.05, 4.69) is 52.8 Å². The van der Waals surface area contributed by atoms with E-state index in [1.807, 2.05) is 47.8 Å². The van der Waals surface area contributed by atoms with Gasteiger partial charge in [-0.2, -0.15) is 0 Å². The van der Waals surface area contributed by atoms with Gasteiger partial charge in [0.25, 0.3) is 0 Å². The number of aromatic nitrogens is 3. The molecule has 0 saturated carbocycles. The highest BCUT2D eigenvalue weighted by molar-refractivity contribution is 5.82. The van der Waals surface area contributed by atoms with E-state index < -0.39 is 189 Å². The van der Waals surface area contributed by atoms with E-state index in [-0.39, 0.29) is 31.9 Å². The van der Waals surface area contributed by atoms with Crippen LogP contribution in [0, 0.1) is 16.2 Å². The minimum absolute atomic E-state index is 0.107. The second-order valence-electron chi connectivity index (χ2n) is 34.1. The van der Waals surface area contributed by atoms with Crippen molar-refractivity contribution in [3.8, 4) is 0 Å². The zero-order chi connectivity index (χ0) is 89.1. The van der Waals surface area contributed by atoms with Crippen LogP contribution in [0.15, 0.2) is 6.20 Å². The second kappa shape index (κ2) is 52.4. The van der Waals surface area contributed by atoms with E-state index in [1.54, 1.807) is 83.1 Å². The molecule has 1 fully saturated rings. The number of esters is 3. The highest BCUT2D eigenvalue weighted by Gasteiger charge is 2.48. The van der Waals surface area contributed by atoms with Crippen LogP contribution in [-0.4, -0.2) is 348 Å². The number of hydrogen-bond donors (Lipinski definition) is 12. The van der Waals surface area contributed by atoms with E-state index in [9.17, 15) is 73.2 Å². The molecule has 1 aliphatic heterocycles. The number of amides is 8. The number of hydrogen-bond acceptors (Lipinski definition) is 33. The average molecular weight is 1700 g/mol. The average Bonchev–Trinajstić information content (AvgIpc) is 1.43. The van der Waals surface area contributed by atoms with Crippen LogP contribution in [0.5, 0.6) is 0 Å². The van der Waals surface area contributed by atoms with Crippen molar-refractivity contribution in [3.05, 3.63) is 11.9 Å². The standard InChI is InChI=1S/C76H139N15O27/c1-70(2,3)115-66(103)81-32-24-40-87(16)36-20-28-77-62(99)110-49-75(14,50-111-63(100)78-29-21-37-88(17)41-25-33-82-67(104)116-71(4,5)6)60(97)108-47-74(13,59(96)107-46-53-44-91(86-85-53)55-57(94)56(93)54(45-92)114-58(55)95)48-109-61(98)76(15,51-112-64(101)79-30-22-38-89(18)42-26-34-83-68(105)117-72(7,8)9)52-113-65(102)80-31-23-39-90(19)43-27-35-84-69(106)118-73(10,11)12/h44,54-58,92-95H,20-43,45-52H2,1-19H3,(H,77,99)(H,78,100)(H,79,101)(H,80,102)(H,81,103)(H,82,104)(H,83,105)(H,84,106)/t54-,55-,56-,57-,58?/m1/s1. The fourth-order valence-electron chi connectivity index (χ4n) is 10.6. The number of ether oxygens (including phenoxy) is 12. The lowest BCUT2D eigenvalue weighted by Crippen LogP contribution is -2.56. The Morgan fingerprint density at radius 3 is 0.856 bits per heavy atom. The normalized spacial score (nSPS) is 16.0. The molecular weight excluding hydrogens is 1550 g/mol. The van der Waals surface area contributed by atoms with Crippen LogP contribution in [0.3, 0.4) is 0 Å². The van der Waals surface area contributed by atoms with Gasteiger partial charge in [-0.3, -0.25) is 14.4 Å². The number of nitrogens with one attached hydrogen (secondary N) is 8. The Labute approximate surface area is 693 Å². The van der Waals surface area contributed by atoms with Crippen molar-refractivity contribution in [2.45, 2.75) is 215 Å². The predicted octanol–water partition coefficient (Wildman–Crippen LogP) is 3.25. The van der Waals surface area contributed by atoms with Crippen LogP contribution in [0.1, 0.15) is 167 Å². The highest BCUT2D eigenvalue weighted by Crippen LogP contribution is 2.31. The Kier molecular flexibility index (Phi) is 46.8. The summed E-state index contributed by atoms with van der Waals surface area (Å²) in [5, 5.41) is 71.1. The van der Waals surface area contributed by atoms with Gasteiger partial charge < -0.3 is 139 Å². The van der Waals surface area contributed by atoms with Gasteiger partial charge in [-0.25, -0.2) is 43.0 Å². The van der Waals surface area contributed by atoms with Crippen LogP contribution < -0.4 is 42.5 Å². The molecule has 8 amide bonds. The number of aliphatic hydroxyl groups is 4. The number of aliphatic hydroxyl groups excluding tert-OH is 4. The zero-order valence-electron chi connectivity index (χ0n) is 72.9. The number of alkyl carbamates (subject to hydrolysis) is 8. The third-order valence-electron chi connectivity index (χ3n) is 17.2. The molecule has 1 aromatic rings. The minimum atomic E-state index is -2.24. The van der Waals surface area contributed by atoms with E-state index in [4.69, 9.17) is 56.8 Å². The Bertz CT molecular complexity index is 2930. The van der Waals surface area contributed by atoms with Crippen LogP contribution in [-0.2, 0) is 77.8 Å². The number of nitrogens with zero attached hydrogens (tertiary/aromatic N) is 7. The summed E-state index contributed by atoms with van der Waals surface area (Å²) in [5.41, 5.74) is -9.09. The summed E-state index contributed by atoms with van der Waals surface area (Å²) in [6.45, 7) is 24.4. The lowest BCUT2D eigenvalue weighted by atomic mass is 9.90. The molecule has 2 rings (SSSR count). The Balaban J connectivity index is 2.50. The summed E-state index contributed by atoms with van der Waals surface area (Å²) in [5.74, 6) is -3.67. The SMILES string of the molecule is CN(CCCNC(=O)OCC(C)(COC(=O)NCCCN(C)CCCNC(=O)OC(C)(C)C)C(=O)OCC(C)(COC(=O)C(C)(COC(=O)NCCCN(C)CCCNC(=O)OC(C)(C)C)COC(=O)NCCCN(C)CCCNC(=O)OC(C)(C)C)C(=O)OCc1cn([C@H]2C(O)O[C@H](CO)[C@@H](O)[C@@H]2O)nn1)CCCNC(=O)OC(C)(C)C. The summed E-state index contributed by atoms with van der Waals surface area (Å²) in [4.78, 5) is 154. The molecule has 1 aliphatic rings. The first-order valence-electron chi connectivity index (χ1n) is 39.9. The van der Waals surface area contributed by atoms with Crippen LogP contribution in [0.4, 0.5) is 38.4 Å². The number of carbonyl (C=O) groups excluding carboxylic acids is 11. The maximum Gasteiger partial charge on any atom is 0.407 e. The molecule has 680 valence electrons. The monoisotopic (exact) mass is 1690 g/mol. The van der Waals surface area contributed by atoms with Crippen molar-refractivity contribution in [1.82, 2.24) is 77.1 Å². The molecule has 12 N–H and O–H groups in total. The predicted molar refractivity (Wildman–Crippen MR) is 426 cm³/mol. The quantitative estimate of drug-likeness (QED) is 0.0253. The van der Waals surface area contributed by atoms with Gasteiger partial charge >= 0.3 is 66.7 Å². The third-order valence-corrected chi connectivity index (χ3v) is 17.2. The molecule has 1 unspecified atom stereocenters. The fraction of sp³-hybridized carbons (Fsp3) is 0.829. The van der Waals surface area contributed by atoms with Crippen LogP contribution >= 0.6 is 0 Å². The largest absolute Gasteiger partial charge is 0.464 e. The molecule has 0 spiro atoms. The van der Waals surface area contributed by atoms with Gasteiger partial charge in [0.15, 0.2) is 6.29 Å². The summed E-state index contributed by atoms with van der Waals surface area (Å²) in [7, 11) is 7.43. The van der Waals surface area contributed by atoms with E-state index in [0.717, 1.165) is 10.9 Å². The van der Waals surface area contributed by atoms with Crippen molar-refractivity contribution in [3.63, 3.8) is 0 Å². The first-order valence-corrected chi connectivity index (χ1v) is 39.9. The van der Waals surface area contributed by atoms with Crippen molar-refractivity contribution < 1.29 is 130 Å².